The van der Waals surface area contributed by atoms with Crippen LogP contribution in [0.5, 0.6) is 11.5 Å². The largest absolute Gasteiger partial charge is 0.493 e. The molecule has 0 bridgehead atoms. The van der Waals surface area contributed by atoms with Crippen molar-refractivity contribution in [3.8, 4) is 11.5 Å². The molecule has 1 aliphatic rings. The summed E-state index contributed by atoms with van der Waals surface area (Å²) in [6, 6.07) is 13.9. The lowest BCUT2D eigenvalue weighted by atomic mass is 10.0. The van der Waals surface area contributed by atoms with Crippen LogP contribution in [0.4, 0.5) is 14.9 Å². The number of carbonyl (C=O) groups excluding carboxylic acids is 3. The summed E-state index contributed by atoms with van der Waals surface area (Å²) in [5.41, 5.74) is 2.27. The Labute approximate surface area is 244 Å². The molecule has 0 aromatic heterocycles. The first-order valence-electron chi connectivity index (χ1n) is 11.9. The van der Waals surface area contributed by atoms with Crippen molar-refractivity contribution in [2.75, 3.05) is 19.0 Å². The number of rotatable bonds is 10. The molecule has 11 heteroatoms. The Bertz CT molecular complexity index is 1530. The van der Waals surface area contributed by atoms with E-state index in [-0.39, 0.29) is 17.2 Å². The van der Waals surface area contributed by atoms with E-state index in [0.717, 1.165) is 22.1 Å². The summed E-state index contributed by atoms with van der Waals surface area (Å²) in [6.07, 6.45) is 3.68. The minimum absolute atomic E-state index is 0.136. The van der Waals surface area contributed by atoms with E-state index in [9.17, 15) is 18.8 Å². The molecule has 0 saturated carbocycles. The van der Waals surface area contributed by atoms with Crippen LogP contribution in [0.1, 0.15) is 16.7 Å². The average Bonchev–Trinajstić information content (AvgIpc) is 3.16. The summed E-state index contributed by atoms with van der Waals surface area (Å²) in [5.74, 6) is -0.891. The summed E-state index contributed by atoms with van der Waals surface area (Å²) < 4.78 is 25.0. The number of methoxy groups -OCH3 is 1. The average molecular weight is 601 g/mol. The normalized spacial score (nSPS) is 14.0. The van der Waals surface area contributed by atoms with Crippen molar-refractivity contribution in [1.82, 2.24) is 4.90 Å². The van der Waals surface area contributed by atoms with Gasteiger partial charge >= 0.3 is 0 Å². The lowest BCUT2D eigenvalue weighted by molar-refractivity contribution is -0.127. The van der Waals surface area contributed by atoms with Crippen LogP contribution in [0.25, 0.3) is 6.08 Å². The predicted molar refractivity (Wildman–Crippen MR) is 155 cm³/mol. The van der Waals surface area contributed by atoms with Crippen LogP contribution in [0.15, 0.2) is 72.2 Å². The number of benzene rings is 3. The van der Waals surface area contributed by atoms with Crippen molar-refractivity contribution in [3.05, 3.63) is 105 Å². The van der Waals surface area contributed by atoms with Gasteiger partial charge < -0.3 is 14.8 Å². The van der Waals surface area contributed by atoms with Gasteiger partial charge in [-0.05, 0) is 72.3 Å². The van der Waals surface area contributed by atoms with Crippen molar-refractivity contribution in [3.63, 3.8) is 0 Å². The van der Waals surface area contributed by atoms with Gasteiger partial charge in [-0.2, -0.15) is 0 Å². The van der Waals surface area contributed by atoms with E-state index in [2.05, 4.69) is 11.9 Å². The molecular weight excluding hydrogens is 578 g/mol. The Balaban J connectivity index is 1.53. The molecule has 1 fully saturated rings. The Morgan fingerprint density at radius 3 is 2.62 bits per heavy atom. The van der Waals surface area contributed by atoms with E-state index in [1.54, 1.807) is 42.5 Å². The van der Waals surface area contributed by atoms with Crippen molar-refractivity contribution >= 4 is 63.8 Å². The Morgan fingerprint density at radius 1 is 1.12 bits per heavy atom. The number of ether oxygens (including phenoxy) is 2. The van der Waals surface area contributed by atoms with Crippen LogP contribution < -0.4 is 14.8 Å². The van der Waals surface area contributed by atoms with Crippen LogP contribution in [0.2, 0.25) is 10.0 Å². The molecule has 1 saturated heterocycles. The van der Waals surface area contributed by atoms with Gasteiger partial charge in [0.05, 0.1) is 12.0 Å². The summed E-state index contributed by atoms with van der Waals surface area (Å²) >= 11 is 13.0. The highest BCUT2D eigenvalue weighted by molar-refractivity contribution is 8.18. The number of halogens is 3. The number of carbonyl (C=O) groups is 3. The van der Waals surface area contributed by atoms with Crippen molar-refractivity contribution < 1.29 is 28.2 Å². The Hall–Kier alpha value is -3.79. The number of hydrogen-bond donors (Lipinski definition) is 1. The van der Waals surface area contributed by atoms with E-state index < -0.39 is 29.4 Å². The number of imide groups is 1. The van der Waals surface area contributed by atoms with Gasteiger partial charge in [-0.3, -0.25) is 19.3 Å². The van der Waals surface area contributed by atoms with Crippen LogP contribution in [-0.4, -0.2) is 35.6 Å². The molecule has 3 aromatic carbocycles. The molecule has 0 unspecified atom stereocenters. The molecule has 1 aliphatic heterocycles. The standard InChI is InChI=1S/C29H23Cl2FN2O5S/c1-3-5-18-10-17(11-24(38-2)27(18)39-16-19-8-9-20(30)13-23(19)31)12-25-28(36)34(29(37)40-25)15-26(35)33-22-7-4-6-21(32)14-22/h3-4,6-14H,1,5,15-16H2,2H3,(H,33,35)/b25-12+. The zero-order chi connectivity index (χ0) is 28.8. The molecule has 0 radical (unpaired) electrons. The summed E-state index contributed by atoms with van der Waals surface area (Å²) in [5, 5.41) is 2.87. The lowest BCUT2D eigenvalue weighted by Gasteiger charge is -2.16. The molecule has 0 atom stereocenters. The molecular formula is C29H23Cl2FN2O5S. The molecule has 0 aliphatic carbocycles. The van der Waals surface area contributed by atoms with E-state index in [4.69, 9.17) is 32.7 Å². The van der Waals surface area contributed by atoms with Crippen LogP contribution >= 0.6 is 35.0 Å². The third kappa shape index (κ3) is 7.04. The maximum absolute atomic E-state index is 13.4. The molecule has 7 nitrogen and oxygen atoms in total. The van der Waals surface area contributed by atoms with Gasteiger partial charge in [0.2, 0.25) is 5.91 Å². The van der Waals surface area contributed by atoms with E-state index in [0.29, 0.717) is 45.3 Å². The third-order valence-electron chi connectivity index (χ3n) is 5.71. The van der Waals surface area contributed by atoms with Gasteiger partial charge in [0.25, 0.3) is 11.1 Å². The second kappa shape index (κ2) is 13.0. The van der Waals surface area contributed by atoms with E-state index >= 15 is 0 Å². The van der Waals surface area contributed by atoms with Crippen LogP contribution in [0, 0.1) is 5.82 Å². The van der Waals surface area contributed by atoms with Gasteiger partial charge in [-0.15, -0.1) is 6.58 Å². The highest BCUT2D eigenvalue weighted by Gasteiger charge is 2.36. The van der Waals surface area contributed by atoms with Gasteiger partial charge in [0.15, 0.2) is 11.5 Å². The maximum Gasteiger partial charge on any atom is 0.294 e. The molecule has 0 spiro atoms. The number of thioether (sulfide) groups is 1. The molecule has 3 amide bonds. The summed E-state index contributed by atoms with van der Waals surface area (Å²) in [4.78, 5) is 38.9. The first-order chi connectivity index (χ1) is 19.2. The topological polar surface area (TPSA) is 84.9 Å². The zero-order valence-corrected chi connectivity index (χ0v) is 23.5. The minimum atomic E-state index is -0.633. The van der Waals surface area contributed by atoms with Crippen LogP contribution in [-0.2, 0) is 22.6 Å². The third-order valence-corrected chi connectivity index (χ3v) is 7.20. The fraction of sp³-hybridized carbons (Fsp3) is 0.138. The first-order valence-corrected chi connectivity index (χ1v) is 13.4. The summed E-state index contributed by atoms with van der Waals surface area (Å²) in [7, 11) is 1.49. The van der Waals surface area contributed by atoms with Crippen LogP contribution in [0.3, 0.4) is 0 Å². The predicted octanol–water partition coefficient (Wildman–Crippen LogP) is 7.12. The monoisotopic (exact) mass is 600 g/mol. The number of amides is 3. The number of allylic oxidation sites excluding steroid dienone is 1. The Kier molecular flexibility index (Phi) is 9.52. The van der Waals surface area contributed by atoms with Gasteiger partial charge in [0.1, 0.15) is 19.0 Å². The van der Waals surface area contributed by atoms with Crippen molar-refractivity contribution in [2.45, 2.75) is 13.0 Å². The molecule has 206 valence electrons. The second-order valence-electron chi connectivity index (χ2n) is 8.55. The molecule has 4 rings (SSSR count). The fourth-order valence-corrected chi connectivity index (χ4v) is 5.18. The smallest absolute Gasteiger partial charge is 0.294 e. The maximum atomic E-state index is 13.4. The van der Waals surface area contributed by atoms with Gasteiger partial charge in [-0.1, -0.05) is 41.4 Å². The molecule has 40 heavy (non-hydrogen) atoms. The minimum Gasteiger partial charge on any atom is -0.493 e. The van der Waals surface area contributed by atoms with Gasteiger partial charge in [0, 0.05) is 26.9 Å². The zero-order valence-electron chi connectivity index (χ0n) is 21.2. The quantitative estimate of drug-likeness (QED) is 0.197. The second-order valence-corrected chi connectivity index (χ2v) is 10.4. The SMILES string of the molecule is C=CCc1cc(/C=C2/SC(=O)N(CC(=O)Nc3cccc(F)c3)C2=O)cc(OC)c1OCc1ccc(Cl)cc1Cl. The molecule has 1 N–H and O–H groups in total. The summed E-state index contributed by atoms with van der Waals surface area (Å²) in [6.45, 7) is 3.45. The number of nitrogens with zero attached hydrogens (tertiary/aromatic N) is 1. The Morgan fingerprint density at radius 2 is 1.93 bits per heavy atom. The van der Waals surface area contributed by atoms with Gasteiger partial charge in [-0.25, -0.2) is 4.39 Å². The van der Waals surface area contributed by atoms with Crippen molar-refractivity contribution in [1.29, 1.82) is 0 Å². The number of nitrogens with one attached hydrogen (secondary N) is 1. The fourth-order valence-electron chi connectivity index (χ4n) is 3.88. The van der Waals surface area contributed by atoms with E-state index in [1.807, 2.05) is 0 Å². The lowest BCUT2D eigenvalue weighted by Crippen LogP contribution is -2.36. The highest BCUT2D eigenvalue weighted by atomic mass is 35.5. The molecule has 3 aromatic rings. The number of hydrogen-bond acceptors (Lipinski definition) is 6. The molecule has 1 heterocycles. The van der Waals surface area contributed by atoms with E-state index in [1.165, 1.54) is 25.3 Å². The first kappa shape index (κ1) is 29.2. The van der Waals surface area contributed by atoms with Crippen molar-refractivity contribution in [2.24, 2.45) is 0 Å². The highest BCUT2D eigenvalue weighted by Crippen LogP contribution is 2.38. The number of anilines is 1.